The van der Waals surface area contributed by atoms with Crippen LogP contribution in [0.4, 0.5) is 9.80 Å². The van der Waals surface area contributed by atoms with Crippen molar-refractivity contribution in [3.8, 4) is 5.75 Å². The Morgan fingerprint density at radius 2 is 2.17 bits per heavy atom. The van der Waals surface area contributed by atoms with Crippen molar-refractivity contribution in [3.05, 3.63) is 37.9 Å². The molecular weight excluding hydrogens is 377 g/mol. The van der Waals surface area contributed by atoms with Gasteiger partial charge in [0.05, 0.1) is 17.3 Å². The second-order valence-corrected chi connectivity index (χ2v) is 7.13. The van der Waals surface area contributed by atoms with Gasteiger partial charge >= 0.3 is 6.03 Å². The van der Waals surface area contributed by atoms with Crippen molar-refractivity contribution in [1.82, 2.24) is 9.88 Å². The number of amides is 2. The lowest BCUT2D eigenvalue weighted by atomic mass is 10.3. The van der Waals surface area contributed by atoms with Crippen LogP contribution in [-0.2, 0) is 7.05 Å². The van der Waals surface area contributed by atoms with Gasteiger partial charge in [0.15, 0.2) is 3.95 Å². The molecule has 9 heteroatoms. The first-order chi connectivity index (χ1) is 10.9. The van der Waals surface area contributed by atoms with E-state index < -0.39 is 0 Å². The second-order valence-electron chi connectivity index (χ2n) is 4.65. The van der Waals surface area contributed by atoms with Gasteiger partial charge in [0.2, 0.25) is 0 Å². The number of benzene rings is 1. The zero-order valence-electron chi connectivity index (χ0n) is 12.5. The fraction of sp³-hybridized carbons (Fsp3) is 0.286. The molecule has 2 aromatic rings. The van der Waals surface area contributed by atoms with Crippen molar-refractivity contribution in [3.63, 3.8) is 0 Å². The SMILES string of the molecule is Cc1c(NC(=O)NCCOc2ccc(Cl)cc2Cl)sc(=S)n1C. The molecule has 2 N–H and O–H groups in total. The third-order valence-corrected chi connectivity index (χ3v) is 5.17. The van der Waals surface area contributed by atoms with Gasteiger partial charge in [-0.25, -0.2) is 4.79 Å². The van der Waals surface area contributed by atoms with Gasteiger partial charge in [-0.2, -0.15) is 0 Å². The number of urea groups is 1. The van der Waals surface area contributed by atoms with E-state index in [0.717, 1.165) is 10.7 Å². The highest BCUT2D eigenvalue weighted by Gasteiger charge is 2.09. The van der Waals surface area contributed by atoms with E-state index in [0.29, 0.717) is 26.3 Å². The molecule has 0 unspecified atom stereocenters. The van der Waals surface area contributed by atoms with E-state index in [4.69, 9.17) is 40.2 Å². The fourth-order valence-corrected chi connectivity index (χ4v) is 3.43. The Bertz CT molecular complexity index is 774. The van der Waals surface area contributed by atoms with Gasteiger partial charge in [-0.1, -0.05) is 34.5 Å². The predicted octanol–water partition coefficient (Wildman–Crippen LogP) is 4.63. The number of carbonyl (C=O) groups excluding carboxylic acids is 1. The summed E-state index contributed by atoms with van der Waals surface area (Å²) in [6.45, 7) is 2.52. The summed E-state index contributed by atoms with van der Waals surface area (Å²) >= 11 is 18.3. The lowest BCUT2D eigenvalue weighted by Crippen LogP contribution is -2.32. The highest BCUT2D eigenvalue weighted by molar-refractivity contribution is 7.73. The van der Waals surface area contributed by atoms with E-state index in [1.54, 1.807) is 18.2 Å². The molecule has 1 aromatic heterocycles. The standard InChI is InChI=1S/C14H15Cl2N3O2S2/c1-8-12(23-14(22)19(8)2)18-13(20)17-5-6-21-11-4-3-9(15)7-10(11)16/h3-4,7H,5-6H2,1-2H3,(H2,17,18,20). The van der Waals surface area contributed by atoms with Crippen molar-refractivity contribution in [2.75, 3.05) is 18.5 Å². The highest BCUT2D eigenvalue weighted by atomic mass is 35.5. The monoisotopic (exact) mass is 391 g/mol. The Kier molecular flexibility index (Phi) is 6.29. The van der Waals surface area contributed by atoms with Crippen LogP contribution in [0.25, 0.3) is 0 Å². The maximum atomic E-state index is 11.9. The van der Waals surface area contributed by atoms with E-state index in [-0.39, 0.29) is 12.6 Å². The summed E-state index contributed by atoms with van der Waals surface area (Å²) in [6.07, 6.45) is 0. The van der Waals surface area contributed by atoms with Crippen LogP contribution in [0.5, 0.6) is 5.75 Å². The molecule has 2 amide bonds. The van der Waals surface area contributed by atoms with Crippen LogP contribution in [0, 0.1) is 10.9 Å². The minimum Gasteiger partial charge on any atom is -0.490 e. The molecule has 0 saturated carbocycles. The molecule has 0 saturated heterocycles. The van der Waals surface area contributed by atoms with Gasteiger partial charge in [0, 0.05) is 12.1 Å². The number of hydrogen-bond donors (Lipinski definition) is 2. The molecule has 23 heavy (non-hydrogen) atoms. The van der Waals surface area contributed by atoms with E-state index >= 15 is 0 Å². The van der Waals surface area contributed by atoms with Crippen molar-refractivity contribution in [1.29, 1.82) is 0 Å². The van der Waals surface area contributed by atoms with Crippen molar-refractivity contribution in [2.45, 2.75) is 6.92 Å². The summed E-state index contributed by atoms with van der Waals surface area (Å²) in [4.78, 5) is 11.9. The molecule has 1 aromatic carbocycles. The molecule has 0 aliphatic rings. The average molecular weight is 392 g/mol. The summed E-state index contributed by atoms with van der Waals surface area (Å²) < 4.78 is 8.04. The first-order valence-electron chi connectivity index (χ1n) is 6.67. The Balaban J connectivity index is 1.78. The Morgan fingerprint density at radius 1 is 1.43 bits per heavy atom. The van der Waals surface area contributed by atoms with Gasteiger partial charge in [0.1, 0.15) is 17.4 Å². The first-order valence-corrected chi connectivity index (χ1v) is 8.65. The predicted molar refractivity (Wildman–Crippen MR) is 97.8 cm³/mol. The lowest BCUT2D eigenvalue weighted by Gasteiger charge is -2.10. The Hall–Kier alpha value is -1.28. The van der Waals surface area contributed by atoms with Gasteiger partial charge in [0.25, 0.3) is 0 Å². The van der Waals surface area contributed by atoms with E-state index in [2.05, 4.69) is 10.6 Å². The van der Waals surface area contributed by atoms with Crippen LogP contribution in [0.15, 0.2) is 18.2 Å². The maximum Gasteiger partial charge on any atom is 0.320 e. The summed E-state index contributed by atoms with van der Waals surface area (Å²) in [5.74, 6) is 0.523. The number of ether oxygens (including phenoxy) is 1. The summed E-state index contributed by atoms with van der Waals surface area (Å²) in [6, 6.07) is 4.67. The molecule has 5 nitrogen and oxygen atoms in total. The van der Waals surface area contributed by atoms with Crippen LogP contribution in [0.3, 0.4) is 0 Å². The zero-order chi connectivity index (χ0) is 17.0. The van der Waals surface area contributed by atoms with Crippen LogP contribution < -0.4 is 15.4 Å². The number of nitrogens with zero attached hydrogens (tertiary/aromatic N) is 1. The molecule has 1 heterocycles. The first kappa shape index (κ1) is 18.1. The van der Waals surface area contributed by atoms with E-state index in [1.807, 2.05) is 18.5 Å². The van der Waals surface area contributed by atoms with Crippen LogP contribution in [-0.4, -0.2) is 23.7 Å². The maximum absolute atomic E-state index is 11.9. The molecule has 0 aliphatic carbocycles. The molecular formula is C14H15Cl2N3O2S2. The number of thiazole rings is 1. The number of halogens is 2. The number of anilines is 1. The Labute approximate surface area is 153 Å². The second kappa shape index (κ2) is 8.01. The van der Waals surface area contributed by atoms with E-state index in [1.165, 1.54) is 11.3 Å². The van der Waals surface area contributed by atoms with Crippen molar-refractivity contribution < 1.29 is 9.53 Å². The van der Waals surface area contributed by atoms with Gasteiger partial charge in [-0.3, -0.25) is 5.32 Å². The number of carbonyl (C=O) groups is 1. The third kappa shape index (κ3) is 4.84. The van der Waals surface area contributed by atoms with Gasteiger partial charge in [-0.15, -0.1) is 0 Å². The van der Waals surface area contributed by atoms with E-state index in [9.17, 15) is 4.79 Å². The molecule has 0 spiro atoms. The van der Waals surface area contributed by atoms with Gasteiger partial charge < -0.3 is 14.6 Å². The highest BCUT2D eigenvalue weighted by Crippen LogP contribution is 2.27. The quantitative estimate of drug-likeness (QED) is 0.576. The molecule has 0 fully saturated rings. The summed E-state index contributed by atoms with van der Waals surface area (Å²) in [7, 11) is 1.86. The molecule has 0 radical (unpaired) electrons. The summed E-state index contributed by atoms with van der Waals surface area (Å²) in [5, 5.41) is 7.19. The number of rotatable bonds is 5. The molecule has 0 aliphatic heterocycles. The van der Waals surface area contributed by atoms with Crippen LogP contribution in [0.2, 0.25) is 10.0 Å². The van der Waals surface area contributed by atoms with Crippen molar-refractivity contribution >= 4 is 57.8 Å². The molecule has 0 atom stereocenters. The topological polar surface area (TPSA) is 55.3 Å². The lowest BCUT2D eigenvalue weighted by molar-refractivity contribution is 0.247. The van der Waals surface area contributed by atoms with Gasteiger partial charge in [-0.05, 0) is 37.3 Å². The number of nitrogens with one attached hydrogen (secondary N) is 2. The third-order valence-electron chi connectivity index (χ3n) is 3.06. The molecule has 0 bridgehead atoms. The molecule has 2 rings (SSSR count). The minimum atomic E-state index is -0.309. The normalized spacial score (nSPS) is 10.4. The molecule has 124 valence electrons. The summed E-state index contributed by atoms with van der Waals surface area (Å²) in [5.41, 5.74) is 0.916. The number of hydrogen-bond acceptors (Lipinski definition) is 4. The largest absolute Gasteiger partial charge is 0.490 e. The zero-order valence-corrected chi connectivity index (χ0v) is 15.6. The Morgan fingerprint density at radius 3 is 2.78 bits per heavy atom. The van der Waals surface area contributed by atoms with Crippen molar-refractivity contribution in [2.24, 2.45) is 7.05 Å². The average Bonchev–Trinajstić information content (AvgIpc) is 2.73. The minimum absolute atomic E-state index is 0.290. The fourth-order valence-electron chi connectivity index (χ4n) is 1.70. The van der Waals surface area contributed by atoms with Crippen LogP contribution >= 0.6 is 46.8 Å². The number of aromatic nitrogens is 1. The van der Waals surface area contributed by atoms with Crippen LogP contribution in [0.1, 0.15) is 5.69 Å². The smallest absolute Gasteiger partial charge is 0.320 e.